The summed E-state index contributed by atoms with van der Waals surface area (Å²) in [5, 5.41) is 8.55. The number of aromatic amines is 1. The van der Waals surface area contributed by atoms with Crippen LogP contribution in [0.15, 0.2) is 16.9 Å². The maximum absolute atomic E-state index is 12.0. The number of esters is 1. The van der Waals surface area contributed by atoms with Crippen molar-refractivity contribution in [2.45, 2.75) is 19.8 Å². The lowest BCUT2D eigenvalue weighted by Crippen LogP contribution is -2.43. The molecule has 1 aromatic heterocycles. The van der Waals surface area contributed by atoms with Gasteiger partial charge < -0.3 is 9.64 Å². The van der Waals surface area contributed by atoms with Crippen molar-refractivity contribution in [3.63, 3.8) is 0 Å². The predicted octanol–water partition coefficient (Wildman–Crippen LogP) is 0.577. The van der Waals surface area contributed by atoms with Crippen LogP contribution in [0.1, 0.15) is 19.8 Å². The van der Waals surface area contributed by atoms with Crippen molar-refractivity contribution >= 4 is 17.8 Å². The van der Waals surface area contributed by atoms with Crippen LogP contribution in [-0.2, 0) is 9.53 Å². The lowest BCUT2D eigenvalue weighted by Gasteiger charge is -2.30. The van der Waals surface area contributed by atoms with E-state index in [4.69, 9.17) is 4.74 Å². The third-order valence-corrected chi connectivity index (χ3v) is 3.32. The zero-order chi connectivity index (χ0) is 15.2. The van der Waals surface area contributed by atoms with Crippen LogP contribution in [0.5, 0.6) is 0 Å². The highest BCUT2D eigenvalue weighted by Gasteiger charge is 2.28. The maximum atomic E-state index is 12.0. The van der Waals surface area contributed by atoms with Gasteiger partial charge in [-0.25, -0.2) is 9.89 Å². The van der Waals surface area contributed by atoms with Crippen LogP contribution in [0.4, 0.5) is 10.6 Å². The van der Waals surface area contributed by atoms with E-state index < -0.39 is 0 Å². The number of nitrogens with one attached hydrogen (secondary N) is 2. The highest BCUT2D eigenvalue weighted by atomic mass is 16.5. The highest BCUT2D eigenvalue weighted by molar-refractivity contribution is 5.88. The number of likely N-dealkylation sites (tertiary alicyclic amines) is 1. The molecule has 0 radical (unpaired) electrons. The van der Waals surface area contributed by atoms with E-state index in [-0.39, 0.29) is 29.3 Å². The molecule has 1 fully saturated rings. The summed E-state index contributed by atoms with van der Waals surface area (Å²) in [5.41, 5.74) is -0.330. The second-order valence-electron chi connectivity index (χ2n) is 4.75. The number of amides is 2. The van der Waals surface area contributed by atoms with Gasteiger partial charge in [0, 0.05) is 19.2 Å². The first kappa shape index (κ1) is 15.0. The van der Waals surface area contributed by atoms with Gasteiger partial charge in [-0.3, -0.25) is 14.9 Å². The summed E-state index contributed by atoms with van der Waals surface area (Å²) in [6, 6.07) is 2.43. The molecular formula is C13H18N4O4. The van der Waals surface area contributed by atoms with Gasteiger partial charge in [0.2, 0.25) is 0 Å². The Bertz CT molecular complexity index is 543. The molecule has 2 heterocycles. The Hall–Kier alpha value is -2.38. The standard InChI is InChI=1S/C13H18N4O4/c1-2-21-12(19)9-5-7-17(8-6-9)13(20)14-10-3-4-11(18)16-15-10/h3-4,9H,2,5-8H2,1H3,(H,16,18)(H,14,15,20). The number of piperidine rings is 1. The maximum Gasteiger partial charge on any atom is 0.323 e. The Labute approximate surface area is 121 Å². The van der Waals surface area contributed by atoms with E-state index in [0.29, 0.717) is 32.5 Å². The fourth-order valence-corrected chi connectivity index (χ4v) is 2.18. The molecule has 1 saturated heterocycles. The molecule has 0 bridgehead atoms. The van der Waals surface area contributed by atoms with E-state index in [1.54, 1.807) is 11.8 Å². The third kappa shape index (κ3) is 4.04. The van der Waals surface area contributed by atoms with Gasteiger partial charge in [-0.05, 0) is 25.8 Å². The Morgan fingerprint density at radius 1 is 1.43 bits per heavy atom. The number of H-pyrrole nitrogens is 1. The van der Waals surface area contributed by atoms with Crippen LogP contribution in [0, 0.1) is 5.92 Å². The minimum Gasteiger partial charge on any atom is -0.466 e. The number of hydrogen-bond acceptors (Lipinski definition) is 5. The first-order valence-electron chi connectivity index (χ1n) is 6.88. The van der Waals surface area contributed by atoms with Crippen LogP contribution in [0.2, 0.25) is 0 Å². The van der Waals surface area contributed by atoms with E-state index in [1.807, 2.05) is 0 Å². The molecular weight excluding hydrogens is 276 g/mol. The molecule has 2 rings (SSSR count). The number of carbonyl (C=O) groups excluding carboxylic acids is 2. The van der Waals surface area contributed by atoms with Crippen molar-refractivity contribution in [1.82, 2.24) is 15.1 Å². The zero-order valence-corrected chi connectivity index (χ0v) is 11.8. The fourth-order valence-electron chi connectivity index (χ4n) is 2.18. The fraction of sp³-hybridized carbons (Fsp3) is 0.538. The monoisotopic (exact) mass is 294 g/mol. The van der Waals surface area contributed by atoms with Crippen molar-refractivity contribution < 1.29 is 14.3 Å². The Kier molecular flexibility index (Phi) is 4.91. The Morgan fingerprint density at radius 2 is 2.14 bits per heavy atom. The molecule has 0 saturated carbocycles. The average molecular weight is 294 g/mol. The van der Waals surface area contributed by atoms with Gasteiger partial charge in [0.1, 0.15) is 0 Å². The molecule has 8 heteroatoms. The van der Waals surface area contributed by atoms with Crippen LogP contribution >= 0.6 is 0 Å². The van der Waals surface area contributed by atoms with Crippen molar-refractivity contribution in [2.75, 3.05) is 25.0 Å². The van der Waals surface area contributed by atoms with Gasteiger partial charge in [0.15, 0.2) is 5.82 Å². The number of aromatic nitrogens is 2. The summed E-state index contributed by atoms with van der Waals surface area (Å²) in [5.74, 6) is -0.0489. The molecule has 1 aliphatic heterocycles. The van der Waals surface area contributed by atoms with E-state index >= 15 is 0 Å². The van der Waals surface area contributed by atoms with Crippen molar-refractivity contribution in [3.8, 4) is 0 Å². The summed E-state index contributed by atoms with van der Waals surface area (Å²) in [7, 11) is 0. The number of anilines is 1. The molecule has 2 amide bonds. The van der Waals surface area contributed by atoms with Crippen molar-refractivity contribution in [2.24, 2.45) is 5.92 Å². The molecule has 1 aromatic rings. The molecule has 0 unspecified atom stereocenters. The highest BCUT2D eigenvalue weighted by Crippen LogP contribution is 2.19. The molecule has 0 aliphatic carbocycles. The zero-order valence-electron chi connectivity index (χ0n) is 11.8. The molecule has 21 heavy (non-hydrogen) atoms. The van der Waals surface area contributed by atoms with Gasteiger partial charge in [-0.1, -0.05) is 0 Å². The second kappa shape index (κ2) is 6.87. The third-order valence-electron chi connectivity index (χ3n) is 3.32. The topological polar surface area (TPSA) is 104 Å². The normalized spacial score (nSPS) is 15.6. The number of urea groups is 1. The van der Waals surface area contributed by atoms with E-state index in [1.165, 1.54) is 12.1 Å². The van der Waals surface area contributed by atoms with Crippen LogP contribution in [0.3, 0.4) is 0 Å². The van der Waals surface area contributed by atoms with Crippen molar-refractivity contribution in [1.29, 1.82) is 0 Å². The number of ether oxygens (including phenoxy) is 1. The van der Waals surface area contributed by atoms with Gasteiger partial charge >= 0.3 is 12.0 Å². The lowest BCUT2D eigenvalue weighted by molar-refractivity contribution is -0.149. The molecule has 1 aliphatic rings. The van der Waals surface area contributed by atoms with Gasteiger partial charge in [0.05, 0.1) is 12.5 Å². The quantitative estimate of drug-likeness (QED) is 0.793. The number of hydrogen-bond donors (Lipinski definition) is 2. The molecule has 2 N–H and O–H groups in total. The van der Waals surface area contributed by atoms with Crippen LogP contribution < -0.4 is 10.9 Å². The Balaban J connectivity index is 1.84. The van der Waals surface area contributed by atoms with Gasteiger partial charge in [-0.15, -0.1) is 0 Å². The van der Waals surface area contributed by atoms with E-state index in [2.05, 4.69) is 15.5 Å². The van der Waals surface area contributed by atoms with E-state index in [0.717, 1.165) is 0 Å². The minimum atomic E-state index is -0.330. The number of carbonyl (C=O) groups is 2. The van der Waals surface area contributed by atoms with Gasteiger partial charge in [0.25, 0.3) is 5.56 Å². The molecule has 114 valence electrons. The first-order chi connectivity index (χ1) is 10.1. The van der Waals surface area contributed by atoms with E-state index in [9.17, 15) is 14.4 Å². The molecule has 8 nitrogen and oxygen atoms in total. The summed E-state index contributed by atoms with van der Waals surface area (Å²) < 4.78 is 4.98. The van der Waals surface area contributed by atoms with Crippen LogP contribution in [-0.4, -0.2) is 46.8 Å². The summed E-state index contributed by atoms with van der Waals surface area (Å²) in [6.07, 6.45) is 1.18. The number of nitrogens with zero attached hydrogens (tertiary/aromatic N) is 2. The smallest absolute Gasteiger partial charge is 0.323 e. The van der Waals surface area contributed by atoms with Crippen molar-refractivity contribution in [3.05, 3.63) is 22.5 Å². The molecule has 0 aromatic carbocycles. The first-order valence-corrected chi connectivity index (χ1v) is 6.88. The summed E-state index contributed by atoms with van der Waals surface area (Å²) in [6.45, 7) is 3.12. The number of rotatable bonds is 3. The Morgan fingerprint density at radius 3 is 2.71 bits per heavy atom. The lowest BCUT2D eigenvalue weighted by atomic mass is 9.97. The largest absolute Gasteiger partial charge is 0.466 e. The summed E-state index contributed by atoms with van der Waals surface area (Å²) >= 11 is 0. The second-order valence-corrected chi connectivity index (χ2v) is 4.75. The van der Waals surface area contributed by atoms with Crippen LogP contribution in [0.25, 0.3) is 0 Å². The summed E-state index contributed by atoms with van der Waals surface area (Å²) in [4.78, 5) is 36.1. The minimum absolute atomic E-state index is 0.139. The predicted molar refractivity (Wildman–Crippen MR) is 74.8 cm³/mol. The average Bonchev–Trinajstić information content (AvgIpc) is 2.50. The van der Waals surface area contributed by atoms with Gasteiger partial charge in [-0.2, -0.15) is 5.10 Å². The SMILES string of the molecule is CCOC(=O)C1CCN(C(=O)Nc2ccc(=O)[nH]n2)CC1. The molecule has 0 atom stereocenters. The molecule has 0 spiro atoms.